The summed E-state index contributed by atoms with van der Waals surface area (Å²) in [6.07, 6.45) is 2.48. The van der Waals surface area contributed by atoms with Gasteiger partial charge in [0, 0.05) is 30.8 Å². The molecule has 17 heavy (non-hydrogen) atoms. The minimum Gasteiger partial charge on any atom is -0.399 e. The van der Waals surface area contributed by atoms with Gasteiger partial charge >= 0.3 is 0 Å². The molecule has 4 heteroatoms. The number of carbonyl (C=O) groups is 1. The van der Waals surface area contributed by atoms with E-state index >= 15 is 0 Å². The minimum absolute atomic E-state index is 0.139. The second-order valence-corrected chi connectivity index (χ2v) is 4.20. The summed E-state index contributed by atoms with van der Waals surface area (Å²) in [6.45, 7) is 0.614. The lowest BCUT2D eigenvalue weighted by molar-refractivity contribution is -0.118. The number of carbonyl (C=O) groups excluding carboxylic acids is 1. The molecular formula is C13H15N3O. The average Bonchev–Trinajstić information content (AvgIpc) is 2.32. The van der Waals surface area contributed by atoms with E-state index < -0.39 is 0 Å². The Kier molecular flexibility index (Phi) is 3.29. The summed E-state index contributed by atoms with van der Waals surface area (Å²) in [5.41, 5.74) is 8.55. The molecule has 1 aromatic rings. The first-order valence-electron chi connectivity index (χ1n) is 5.78. The molecule has 2 rings (SSSR count). The zero-order chi connectivity index (χ0) is 12.3. The normalized spacial score (nSPS) is 14.3. The lowest BCUT2D eigenvalue weighted by Gasteiger charge is -2.29. The standard InChI is InChI=1S/C13H15N3O/c14-7-1-2-8-16-12-5-4-11(15)9-10(12)3-6-13(16)17/h4-5,9H,1-3,6,8,15H2. The fourth-order valence-electron chi connectivity index (χ4n) is 2.14. The van der Waals surface area contributed by atoms with E-state index in [1.807, 2.05) is 18.2 Å². The molecule has 0 fully saturated rings. The monoisotopic (exact) mass is 229 g/mol. The van der Waals surface area contributed by atoms with Crippen molar-refractivity contribution in [3.05, 3.63) is 23.8 Å². The molecule has 0 aliphatic carbocycles. The van der Waals surface area contributed by atoms with Crippen LogP contribution in [0.1, 0.15) is 24.8 Å². The Bertz CT molecular complexity index is 476. The predicted octanol–water partition coefficient (Wildman–Crippen LogP) is 1.85. The van der Waals surface area contributed by atoms with Crippen molar-refractivity contribution >= 4 is 17.3 Å². The van der Waals surface area contributed by atoms with E-state index in [0.717, 1.165) is 23.4 Å². The molecule has 0 bridgehead atoms. The number of aryl methyl sites for hydroxylation is 1. The Hall–Kier alpha value is -2.02. The first kappa shape index (κ1) is 11.5. The molecule has 0 unspecified atom stereocenters. The van der Waals surface area contributed by atoms with Crippen molar-refractivity contribution in [3.8, 4) is 6.07 Å². The quantitative estimate of drug-likeness (QED) is 0.635. The smallest absolute Gasteiger partial charge is 0.227 e. The highest BCUT2D eigenvalue weighted by Gasteiger charge is 2.23. The lowest BCUT2D eigenvalue weighted by Crippen LogP contribution is -2.35. The summed E-state index contributed by atoms with van der Waals surface area (Å²) in [5.74, 6) is 0.139. The van der Waals surface area contributed by atoms with E-state index in [2.05, 4.69) is 6.07 Å². The van der Waals surface area contributed by atoms with Gasteiger partial charge in [0.15, 0.2) is 0 Å². The fraction of sp³-hybridized carbons (Fsp3) is 0.385. The van der Waals surface area contributed by atoms with Crippen LogP contribution in [-0.2, 0) is 11.2 Å². The van der Waals surface area contributed by atoms with Crippen LogP contribution < -0.4 is 10.6 Å². The van der Waals surface area contributed by atoms with Gasteiger partial charge in [0.2, 0.25) is 5.91 Å². The minimum atomic E-state index is 0.139. The number of fused-ring (bicyclic) bond motifs is 1. The molecule has 0 saturated carbocycles. The molecule has 1 aliphatic rings. The van der Waals surface area contributed by atoms with Gasteiger partial charge < -0.3 is 10.6 Å². The summed E-state index contributed by atoms with van der Waals surface area (Å²) in [4.78, 5) is 13.6. The number of nitrogen functional groups attached to an aromatic ring is 1. The predicted molar refractivity (Wildman–Crippen MR) is 66.4 cm³/mol. The first-order chi connectivity index (χ1) is 8.22. The van der Waals surface area contributed by atoms with Gasteiger partial charge in [-0.2, -0.15) is 5.26 Å². The number of rotatable bonds is 3. The SMILES string of the molecule is N#CCCCN1C(=O)CCc2cc(N)ccc21. The summed E-state index contributed by atoms with van der Waals surface area (Å²) < 4.78 is 0. The largest absolute Gasteiger partial charge is 0.399 e. The van der Waals surface area contributed by atoms with Crippen LogP contribution in [-0.4, -0.2) is 12.5 Å². The van der Waals surface area contributed by atoms with Crippen LogP contribution in [0.5, 0.6) is 0 Å². The molecule has 4 nitrogen and oxygen atoms in total. The van der Waals surface area contributed by atoms with Crippen molar-refractivity contribution in [1.82, 2.24) is 0 Å². The number of hydrogen-bond acceptors (Lipinski definition) is 3. The molecular weight excluding hydrogens is 214 g/mol. The third-order valence-electron chi connectivity index (χ3n) is 2.97. The summed E-state index contributed by atoms with van der Waals surface area (Å²) in [6, 6.07) is 7.74. The van der Waals surface area contributed by atoms with E-state index in [-0.39, 0.29) is 5.91 Å². The maximum Gasteiger partial charge on any atom is 0.227 e. The Labute approximate surface area is 101 Å². The van der Waals surface area contributed by atoms with Gasteiger partial charge in [0.25, 0.3) is 0 Å². The summed E-state index contributed by atoms with van der Waals surface area (Å²) in [5, 5.41) is 8.52. The average molecular weight is 229 g/mol. The Morgan fingerprint density at radius 1 is 1.41 bits per heavy atom. The molecule has 1 aromatic carbocycles. The van der Waals surface area contributed by atoms with E-state index in [0.29, 0.717) is 25.8 Å². The molecule has 0 aromatic heterocycles. The maximum absolute atomic E-state index is 11.8. The number of benzene rings is 1. The van der Waals surface area contributed by atoms with Gasteiger partial charge in [-0.3, -0.25) is 4.79 Å². The van der Waals surface area contributed by atoms with Crippen LogP contribution in [0.15, 0.2) is 18.2 Å². The maximum atomic E-state index is 11.8. The molecule has 1 heterocycles. The van der Waals surface area contributed by atoms with Crippen LogP contribution in [0.4, 0.5) is 11.4 Å². The highest BCUT2D eigenvalue weighted by Crippen LogP contribution is 2.29. The van der Waals surface area contributed by atoms with Crippen LogP contribution >= 0.6 is 0 Å². The van der Waals surface area contributed by atoms with Crippen LogP contribution in [0.3, 0.4) is 0 Å². The summed E-state index contributed by atoms with van der Waals surface area (Å²) in [7, 11) is 0. The molecule has 88 valence electrons. The third-order valence-corrected chi connectivity index (χ3v) is 2.97. The zero-order valence-electron chi connectivity index (χ0n) is 9.65. The number of nitrogens with two attached hydrogens (primary N) is 1. The highest BCUT2D eigenvalue weighted by molar-refractivity contribution is 5.96. The van der Waals surface area contributed by atoms with Crippen molar-refractivity contribution in [1.29, 1.82) is 5.26 Å². The second kappa shape index (κ2) is 4.88. The van der Waals surface area contributed by atoms with Gasteiger partial charge in [0.05, 0.1) is 6.07 Å². The zero-order valence-corrected chi connectivity index (χ0v) is 9.65. The van der Waals surface area contributed by atoms with Gasteiger partial charge in [-0.15, -0.1) is 0 Å². The summed E-state index contributed by atoms with van der Waals surface area (Å²) >= 11 is 0. The molecule has 1 amide bonds. The molecule has 1 aliphatic heterocycles. The van der Waals surface area contributed by atoms with Crippen molar-refractivity contribution < 1.29 is 4.79 Å². The number of anilines is 2. The second-order valence-electron chi connectivity index (χ2n) is 4.20. The molecule has 0 saturated heterocycles. The van der Waals surface area contributed by atoms with Crippen molar-refractivity contribution in [3.63, 3.8) is 0 Å². The molecule has 0 spiro atoms. The highest BCUT2D eigenvalue weighted by atomic mass is 16.2. The van der Waals surface area contributed by atoms with Crippen molar-refractivity contribution in [2.24, 2.45) is 0 Å². The Morgan fingerprint density at radius 2 is 2.24 bits per heavy atom. The van der Waals surface area contributed by atoms with Crippen LogP contribution in [0, 0.1) is 11.3 Å². The molecule has 0 atom stereocenters. The lowest BCUT2D eigenvalue weighted by atomic mass is 10.00. The number of nitrogens with zero attached hydrogens (tertiary/aromatic N) is 2. The fourth-order valence-corrected chi connectivity index (χ4v) is 2.14. The van der Waals surface area contributed by atoms with Crippen LogP contribution in [0.25, 0.3) is 0 Å². The Morgan fingerprint density at radius 3 is 3.00 bits per heavy atom. The molecule has 2 N–H and O–H groups in total. The van der Waals surface area contributed by atoms with Gasteiger partial charge in [-0.05, 0) is 36.6 Å². The topological polar surface area (TPSA) is 70.1 Å². The van der Waals surface area contributed by atoms with Gasteiger partial charge in [-0.25, -0.2) is 0 Å². The number of hydrogen-bond donors (Lipinski definition) is 1. The van der Waals surface area contributed by atoms with E-state index in [1.165, 1.54) is 0 Å². The van der Waals surface area contributed by atoms with Gasteiger partial charge in [0.1, 0.15) is 0 Å². The third kappa shape index (κ3) is 2.39. The van der Waals surface area contributed by atoms with E-state index in [1.54, 1.807) is 4.90 Å². The van der Waals surface area contributed by atoms with Crippen LogP contribution in [0.2, 0.25) is 0 Å². The van der Waals surface area contributed by atoms with Crippen molar-refractivity contribution in [2.45, 2.75) is 25.7 Å². The Balaban J connectivity index is 2.21. The molecule has 0 radical (unpaired) electrons. The van der Waals surface area contributed by atoms with Crippen molar-refractivity contribution in [2.75, 3.05) is 17.2 Å². The number of unbranched alkanes of at least 4 members (excludes halogenated alkanes) is 1. The van der Waals surface area contributed by atoms with Gasteiger partial charge in [-0.1, -0.05) is 0 Å². The first-order valence-corrected chi connectivity index (χ1v) is 5.78. The van der Waals surface area contributed by atoms with E-state index in [4.69, 9.17) is 11.0 Å². The number of amides is 1. The number of nitriles is 1. The van der Waals surface area contributed by atoms with E-state index in [9.17, 15) is 4.79 Å².